The first-order valence-electron chi connectivity index (χ1n) is 10.4. The van der Waals surface area contributed by atoms with Crippen LogP contribution in [0, 0.1) is 11.8 Å². The average molecular weight is 418 g/mol. The monoisotopic (exact) mass is 417 g/mol. The van der Waals surface area contributed by atoms with Crippen LogP contribution in [0.15, 0.2) is 30.3 Å². The molecule has 1 aromatic carbocycles. The highest BCUT2D eigenvalue weighted by atomic mass is 16.5. The molecule has 0 radical (unpaired) electrons. The molecular weight excluding hydrogens is 386 g/mol. The molecule has 2 rings (SSSR count). The van der Waals surface area contributed by atoms with Gasteiger partial charge in [0, 0.05) is 18.9 Å². The molecule has 0 aromatic heterocycles. The predicted molar refractivity (Wildman–Crippen MR) is 112 cm³/mol. The Kier molecular flexibility index (Phi) is 9.31. The number of benzene rings is 1. The van der Waals surface area contributed by atoms with Gasteiger partial charge in [-0.3, -0.25) is 9.59 Å². The van der Waals surface area contributed by atoms with Crippen LogP contribution in [0.4, 0.5) is 4.79 Å². The number of carbonyl (C=O) groups excluding carboxylic acids is 4. The number of ether oxygens (including phenoxy) is 1. The lowest BCUT2D eigenvalue weighted by Gasteiger charge is -2.23. The minimum absolute atomic E-state index is 0.102. The van der Waals surface area contributed by atoms with Crippen LogP contribution in [-0.4, -0.2) is 49.4 Å². The Morgan fingerprint density at radius 2 is 1.97 bits per heavy atom. The largest absolute Gasteiger partial charge is 0.449 e. The Morgan fingerprint density at radius 3 is 2.57 bits per heavy atom. The molecule has 3 N–H and O–H groups in total. The van der Waals surface area contributed by atoms with Gasteiger partial charge in [0.2, 0.25) is 11.8 Å². The number of nitrogens with one attached hydrogen (secondary N) is 3. The number of aldehydes is 1. The second-order valence-electron chi connectivity index (χ2n) is 7.96. The predicted octanol–water partition coefficient (Wildman–Crippen LogP) is 1.58. The Labute approximate surface area is 177 Å². The van der Waals surface area contributed by atoms with Crippen LogP contribution in [-0.2, 0) is 25.5 Å². The molecule has 8 nitrogen and oxygen atoms in total. The van der Waals surface area contributed by atoms with E-state index in [0.29, 0.717) is 32.1 Å². The van der Waals surface area contributed by atoms with E-state index in [1.807, 2.05) is 44.2 Å². The molecule has 1 heterocycles. The second-order valence-corrected chi connectivity index (χ2v) is 7.96. The van der Waals surface area contributed by atoms with Crippen LogP contribution in [0.1, 0.15) is 38.7 Å². The quantitative estimate of drug-likeness (QED) is 0.473. The molecule has 1 aliphatic rings. The highest BCUT2D eigenvalue weighted by Gasteiger charge is 2.30. The molecule has 0 saturated carbocycles. The van der Waals surface area contributed by atoms with E-state index >= 15 is 0 Å². The van der Waals surface area contributed by atoms with Gasteiger partial charge in [0.05, 0.1) is 12.6 Å². The average Bonchev–Trinajstić information content (AvgIpc) is 3.11. The third-order valence-electron chi connectivity index (χ3n) is 4.98. The van der Waals surface area contributed by atoms with Crippen molar-refractivity contribution in [2.24, 2.45) is 11.8 Å². The van der Waals surface area contributed by atoms with Gasteiger partial charge >= 0.3 is 6.09 Å². The summed E-state index contributed by atoms with van der Waals surface area (Å²) >= 11 is 0. The van der Waals surface area contributed by atoms with Crippen molar-refractivity contribution in [3.05, 3.63) is 35.9 Å². The van der Waals surface area contributed by atoms with E-state index in [0.717, 1.165) is 5.56 Å². The van der Waals surface area contributed by atoms with Gasteiger partial charge < -0.3 is 25.5 Å². The molecule has 0 unspecified atom stereocenters. The van der Waals surface area contributed by atoms with E-state index in [9.17, 15) is 19.2 Å². The van der Waals surface area contributed by atoms with Crippen molar-refractivity contribution in [1.82, 2.24) is 16.0 Å². The van der Waals surface area contributed by atoms with Crippen molar-refractivity contribution in [1.29, 1.82) is 0 Å². The number of amides is 3. The molecular formula is C22H31N3O5. The first-order chi connectivity index (χ1) is 14.4. The Bertz CT molecular complexity index is 723. The number of hydrogen-bond donors (Lipinski definition) is 3. The van der Waals surface area contributed by atoms with Gasteiger partial charge in [-0.2, -0.15) is 0 Å². The topological polar surface area (TPSA) is 114 Å². The molecule has 0 aliphatic carbocycles. The fraction of sp³-hybridized carbons (Fsp3) is 0.545. The summed E-state index contributed by atoms with van der Waals surface area (Å²) in [6.07, 6.45) is 1.82. The third kappa shape index (κ3) is 7.85. The lowest BCUT2D eigenvalue weighted by atomic mass is 9.98. The minimum atomic E-state index is -0.825. The smallest absolute Gasteiger partial charge is 0.407 e. The van der Waals surface area contributed by atoms with Crippen LogP contribution in [0.3, 0.4) is 0 Å². The number of hydrogen-bond acceptors (Lipinski definition) is 5. The Hall–Kier alpha value is -2.90. The maximum Gasteiger partial charge on any atom is 0.407 e. The highest BCUT2D eigenvalue weighted by molar-refractivity contribution is 5.88. The molecule has 1 saturated heterocycles. The molecule has 1 aromatic rings. The molecule has 164 valence electrons. The van der Waals surface area contributed by atoms with Crippen LogP contribution >= 0.6 is 0 Å². The fourth-order valence-electron chi connectivity index (χ4n) is 3.40. The van der Waals surface area contributed by atoms with Gasteiger partial charge in [-0.15, -0.1) is 0 Å². The molecule has 1 aliphatic heterocycles. The van der Waals surface area contributed by atoms with E-state index in [2.05, 4.69) is 16.0 Å². The van der Waals surface area contributed by atoms with E-state index in [1.54, 1.807) is 0 Å². The normalized spacial score (nSPS) is 17.7. The van der Waals surface area contributed by atoms with Gasteiger partial charge in [-0.1, -0.05) is 44.2 Å². The van der Waals surface area contributed by atoms with Crippen molar-refractivity contribution < 1.29 is 23.9 Å². The van der Waals surface area contributed by atoms with Gasteiger partial charge in [-0.05, 0) is 30.7 Å². The van der Waals surface area contributed by atoms with Crippen molar-refractivity contribution >= 4 is 24.2 Å². The molecule has 8 heteroatoms. The zero-order chi connectivity index (χ0) is 21.9. The van der Waals surface area contributed by atoms with Crippen LogP contribution in [0.5, 0.6) is 0 Å². The molecule has 1 fully saturated rings. The van der Waals surface area contributed by atoms with Crippen LogP contribution in [0.2, 0.25) is 0 Å². The van der Waals surface area contributed by atoms with Gasteiger partial charge in [-0.25, -0.2) is 4.79 Å². The SMILES string of the molecule is CC(C)C[C@H](NC(=O)OCCc1ccccc1)C(=O)N[C@H](C=O)C[C@@H]1CCNC1=O. The first kappa shape index (κ1) is 23.4. The zero-order valence-electron chi connectivity index (χ0n) is 17.6. The lowest BCUT2D eigenvalue weighted by Crippen LogP contribution is -2.51. The van der Waals surface area contributed by atoms with Crippen molar-refractivity contribution in [3.63, 3.8) is 0 Å². The Morgan fingerprint density at radius 1 is 1.23 bits per heavy atom. The summed E-state index contributed by atoms with van der Waals surface area (Å²) in [4.78, 5) is 48.0. The van der Waals surface area contributed by atoms with Crippen molar-refractivity contribution in [3.8, 4) is 0 Å². The summed E-state index contributed by atoms with van der Waals surface area (Å²) in [6.45, 7) is 4.64. The number of alkyl carbamates (subject to hydrolysis) is 1. The zero-order valence-corrected chi connectivity index (χ0v) is 17.6. The summed E-state index contributed by atoms with van der Waals surface area (Å²) in [5, 5.41) is 7.97. The summed E-state index contributed by atoms with van der Waals surface area (Å²) in [7, 11) is 0. The van der Waals surface area contributed by atoms with Crippen LogP contribution < -0.4 is 16.0 Å². The third-order valence-corrected chi connectivity index (χ3v) is 4.98. The first-order valence-corrected chi connectivity index (χ1v) is 10.4. The van der Waals surface area contributed by atoms with Crippen molar-refractivity contribution in [2.45, 2.75) is 51.6 Å². The Balaban J connectivity index is 1.85. The summed E-state index contributed by atoms with van der Waals surface area (Å²) < 4.78 is 5.21. The molecule has 0 bridgehead atoms. The summed E-state index contributed by atoms with van der Waals surface area (Å²) in [5.41, 5.74) is 1.05. The molecule has 3 amide bonds. The number of carbonyl (C=O) groups is 4. The highest BCUT2D eigenvalue weighted by Crippen LogP contribution is 2.16. The summed E-state index contributed by atoms with van der Waals surface area (Å²) in [6, 6.07) is 8.03. The standard InChI is InChI=1S/C22H31N3O5/c1-15(2)12-19(25-22(29)30-11-9-16-6-4-3-5-7-16)21(28)24-18(14-26)13-17-8-10-23-20(17)27/h3-7,14-15,17-19H,8-13H2,1-2H3,(H,23,27)(H,24,28)(H,25,29)/t17-,18-,19-/m0/s1. The molecule has 0 spiro atoms. The van der Waals surface area contributed by atoms with Gasteiger partial charge in [0.15, 0.2) is 0 Å². The van der Waals surface area contributed by atoms with Crippen LogP contribution in [0.25, 0.3) is 0 Å². The maximum absolute atomic E-state index is 12.7. The van der Waals surface area contributed by atoms with E-state index in [1.165, 1.54) is 0 Å². The summed E-state index contributed by atoms with van der Waals surface area (Å²) in [5.74, 6) is -0.713. The van der Waals surface area contributed by atoms with E-state index in [-0.39, 0.29) is 30.8 Å². The second kappa shape index (κ2) is 11.9. The molecule has 30 heavy (non-hydrogen) atoms. The van der Waals surface area contributed by atoms with Gasteiger partial charge in [0.1, 0.15) is 12.3 Å². The fourth-order valence-corrected chi connectivity index (χ4v) is 3.40. The maximum atomic E-state index is 12.7. The lowest BCUT2D eigenvalue weighted by molar-refractivity contribution is -0.127. The van der Waals surface area contributed by atoms with Crippen molar-refractivity contribution in [2.75, 3.05) is 13.2 Å². The number of rotatable bonds is 11. The minimum Gasteiger partial charge on any atom is -0.449 e. The van der Waals surface area contributed by atoms with E-state index in [4.69, 9.17) is 4.74 Å². The van der Waals surface area contributed by atoms with Gasteiger partial charge in [0.25, 0.3) is 0 Å². The van der Waals surface area contributed by atoms with E-state index < -0.39 is 24.1 Å². The molecule has 3 atom stereocenters.